The zero-order valence-electron chi connectivity index (χ0n) is 10.2. The Labute approximate surface area is 110 Å². The number of benzene rings is 2. The van der Waals surface area contributed by atoms with E-state index in [0.717, 1.165) is 22.2 Å². The van der Waals surface area contributed by atoms with Crippen LogP contribution in [0, 0.1) is 11.3 Å². The summed E-state index contributed by atoms with van der Waals surface area (Å²) in [5.74, 6) is 0. The van der Waals surface area contributed by atoms with Crippen LogP contribution in [0.25, 0.3) is 10.8 Å². The average molecular weight is 248 g/mol. The molecule has 0 fully saturated rings. The Morgan fingerprint density at radius 3 is 2.74 bits per heavy atom. The molecule has 0 radical (unpaired) electrons. The molecule has 3 rings (SSSR count). The molecule has 0 saturated heterocycles. The molecule has 1 heterocycles. The minimum absolute atomic E-state index is 0.676. The third kappa shape index (κ3) is 2.14. The first-order valence-corrected chi connectivity index (χ1v) is 6.01. The Morgan fingerprint density at radius 1 is 1.16 bits per heavy atom. The summed E-state index contributed by atoms with van der Waals surface area (Å²) in [6, 6.07) is 13.9. The molecule has 0 bridgehead atoms. The lowest BCUT2D eigenvalue weighted by Gasteiger charge is -2.09. The first-order chi connectivity index (χ1) is 9.38. The van der Waals surface area contributed by atoms with E-state index in [1.54, 1.807) is 12.5 Å². The maximum absolute atomic E-state index is 9.12. The highest BCUT2D eigenvalue weighted by atomic mass is 14.9. The highest BCUT2D eigenvalue weighted by Gasteiger charge is 2.05. The molecule has 2 aromatic carbocycles. The summed E-state index contributed by atoms with van der Waals surface area (Å²) in [4.78, 5) is 7.04. The highest BCUT2D eigenvalue weighted by molar-refractivity contribution is 5.97. The predicted molar refractivity (Wildman–Crippen MR) is 74.6 cm³/mol. The van der Waals surface area contributed by atoms with E-state index in [4.69, 9.17) is 5.26 Å². The second-order valence-electron chi connectivity index (χ2n) is 4.25. The van der Waals surface area contributed by atoms with Crippen molar-refractivity contribution >= 4 is 16.5 Å². The van der Waals surface area contributed by atoms with E-state index in [-0.39, 0.29) is 0 Å². The van der Waals surface area contributed by atoms with Gasteiger partial charge in [0, 0.05) is 22.7 Å². The molecular formula is C15H12N4. The molecule has 4 heteroatoms. The third-order valence-corrected chi connectivity index (χ3v) is 3.07. The third-order valence-electron chi connectivity index (χ3n) is 3.07. The molecule has 19 heavy (non-hydrogen) atoms. The van der Waals surface area contributed by atoms with Crippen LogP contribution in [0.5, 0.6) is 0 Å². The number of nitriles is 1. The van der Waals surface area contributed by atoms with Gasteiger partial charge in [-0.05, 0) is 12.1 Å². The number of aromatic amines is 1. The fourth-order valence-electron chi connectivity index (χ4n) is 2.12. The van der Waals surface area contributed by atoms with Crippen molar-refractivity contribution in [2.24, 2.45) is 0 Å². The quantitative estimate of drug-likeness (QED) is 0.748. The fourth-order valence-corrected chi connectivity index (χ4v) is 2.12. The first-order valence-electron chi connectivity index (χ1n) is 6.01. The summed E-state index contributed by atoms with van der Waals surface area (Å²) in [6.45, 7) is 0.676. The number of aromatic nitrogens is 2. The van der Waals surface area contributed by atoms with E-state index in [0.29, 0.717) is 12.1 Å². The van der Waals surface area contributed by atoms with Crippen LogP contribution >= 0.6 is 0 Å². The fraction of sp³-hybridized carbons (Fsp3) is 0.0667. The van der Waals surface area contributed by atoms with E-state index in [1.165, 1.54) is 0 Å². The van der Waals surface area contributed by atoms with Gasteiger partial charge >= 0.3 is 0 Å². The molecule has 1 aromatic heterocycles. The lowest BCUT2D eigenvalue weighted by Crippen LogP contribution is -2.00. The van der Waals surface area contributed by atoms with Gasteiger partial charge in [0.1, 0.15) is 0 Å². The van der Waals surface area contributed by atoms with Crippen LogP contribution < -0.4 is 5.32 Å². The van der Waals surface area contributed by atoms with Gasteiger partial charge in [0.2, 0.25) is 0 Å². The minimum atomic E-state index is 0.676. The van der Waals surface area contributed by atoms with Crippen LogP contribution in [-0.2, 0) is 6.54 Å². The average Bonchev–Trinajstić information content (AvgIpc) is 2.98. The molecule has 4 nitrogen and oxygen atoms in total. The maximum atomic E-state index is 9.12. The highest BCUT2D eigenvalue weighted by Crippen LogP contribution is 2.26. The Morgan fingerprint density at radius 2 is 2.00 bits per heavy atom. The number of nitrogens with one attached hydrogen (secondary N) is 2. The minimum Gasteiger partial charge on any atom is -0.379 e. The zero-order valence-corrected chi connectivity index (χ0v) is 10.2. The Kier molecular flexibility index (Phi) is 2.87. The van der Waals surface area contributed by atoms with Gasteiger partial charge in [0.05, 0.1) is 30.2 Å². The Hall–Kier alpha value is -2.80. The number of H-pyrrole nitrogens is 1. The van der Waals surface area contributed by atoms with Gasteiger partial charge in [-0.15, -0.1) is 0 Å². The number of hydrogen-bond acceptors (Lipinski definition) is 3. The molecule has 0 aliphatic carbocycles. The Balaban J connectivity index is 1.98. The van der Waals surface area contributed by atoms with Crippen molar-refractivity contribution < 1.29 is 0 Å². The molecule has 0 saturated carbocycles. The molecule has 92 valence electrons. The van der Waals surface area contributed by atoms with Crippen molar-refractivity contribution in [3.05, 3.63) is 60.2 Å². The summed E-state index contributed by atoms with van der Waals surface area (Å²) in [5, 5.41) is 14.5. The molecule has 0 spiro atoms. The lowest BCUT2D eigenvalue weighted by molar-refractivity contribution is 1.08. The van der Waals surface area contributed by atoms with Crippen molar-refractivity contribution in [2.45, 2.75) is 6.54 Å². The van der Waals surface area contributed by atoms with E-state index in [9.17, 15) is 0 Å². The lowest BCUT2D eigenvalue weighted by atomic mass is 10.0. The van der Waals surface area contributed by atoms with Crippen LogP contribution in [0.15, 0.2) is 48.9 Å². The summed E-state index contributed by atoms with van der Waals surface area (Å²) in [7, 11) is 0. The van der Waals surface area contributed by atoms with Gasteiger partial charge in [-0.1, -0.05) is 24.3 Å². The molecule has 0 unspecified atom stereocenters. The van der Waals surface area contributed by atoms with Crippen LogP contribution in [0.4, 0.5) is 5.69 Å². The number of rotatable bonds is 3. The smallest absolute Gasteiger partial charge is 0.0998 e. The van der Waals surface area contributed by atoms with Crippen molar-refractivity contribution in [3.63, 3.8) is 0 Å². The maximum Gasteiger partial charge on any atom is 0.0998 e. The SMILES string of the molecule is N#Cc1ccc(NCc2cnc[nH]2)c2ccccc12. The van der Waals surface area contributed by atoms with Crippen LogP contribution in [0.2, 0.25) is 0 Å². The number of hydrogen-bond donors (Lipinski definition) is 2. The number of nitrogens with zero attached hydrogens (tertiary/aromatic N) is 2. The van der Waals surface area contributed by atoms with Gasteiger partial charge in [0.15, 0.2) is 0 Å². The Bertz CT molecular complexity index is 738. The molecular weight excluding hydrogens is 236 g/mol. The molecule has 0 amide bonds. The van der Waals surface area contributed by atoms with E-state index >= 15 is 0 Å². The zero-order chi connectivity index (χ0) is 13.1. The van der Waals surface area contributed by atoms with Gasteiger partial charge in [-0.25, -0.2) is 4.98 Å². The summed E-state index contributed by atoms with van der Waals surface area (Å²) in [5.41, 5.74) is 2.74. The van der Waals surface area contributed by atoms with Crippen LogP contribution in [-0.4, -0.2) is 9.97 Å². The predicted octanol–water partition coefficient (Wildman–Crippen LogP) is 3.05. The number of imidazole rings is 1. The summed E-state index contributed by atoms with van der Waals surface area (Å²) >= 11 is 0. The number of anilines is 1. The van der Waals surface area contributed by atoms with Gasteiger partial charge in [-0.3, -0.25) is 0 Å². The molecule has 0 aliphatic rings. The van der Waals surface area contributed by atoms with Crippen molar-refractivity contribution in [1.82, 2.24) is 9.97 Å². The molecule has 2 N–H and O–H groups in total. The first kappa shape index (κ1) is 11.3. The summed E-state index contributed by atoms with van der Waals surface area (Å²) in [6.07, 6.45) is 3.45. The van der Waals surface area contributed by atoms with E-state index in [1.807, 2.05) is 36.4 Å². The normalized spacial score (nSPS) is 10.3. The van der Waals surface area contributed by atoms with Crippen molar-refractivity contribution in [3.8, 4) is 6.07 Å². The van der Waals surface area contributed by atoms with Gasteiger partial charge in [-0.2, -0.15) is 5.26 Å². The topological polar surface area (TPSA) is 64.5 Å². The van der Waals surface area contributed by atoms with E-state index in [2.05, 4.69) is 21.4 Å². The number of fused-ring (bicyclic) bond motifs is 1. The standard InChI is InChI=1S/C15H12N4/c16-7-11-5-6-15(14-4-2-1-3-13(11)14)18-9-12-8-17-10-19-12/h1-6,8,10,18H,9H2,(H,17,19). The second-order valence-corrected chi connectivity index (χ2v) is 4.25. The summed E-state index contributed by atoms with van der Waals surface area (Å²) < 4.78 is 0. The van der Waals surface area contributed by atoms with Crippen LogP contribution in [0.1, 0.15) is 11.3 Å². The van der Waals surface area contributed by atoms with Gasteiger partial charge < -0.3 is 10.3 Å². The van der Waals surface area contributed by atoms with Crippen molar-refractivity contribution in [2.75, 3.05) is 5.32 Å². The van der Waals surface area contributed by atoms with Crippen LogP contribution in [0.3, 0.4) is 0 Å². The largest absolute Gasteiger partial charge is 0.379 e. The van der Waals surface area contributed by atoms with Crippen molar-refractivity contribution in [1.29, 1.82) is 5.26 Å². The monoisotopic (exact) mass is 248 g/mol. The molecule has 0 aliphatic heterocycles. The second kappa shape index (κ2) is 4.83. The van der Waals surface area contributed by atoms with Gasteiger partial charge in [0.25, 0.3) is 0 Å². The van der Waals surface area contributed by atoms with E-state index < -0.39 is 0 Å². The molecule has 0 atom stereocenters. The molecule has 3 aromatic rings.